The summed E-state index contributed by atoms with van der Waals surface area (Å²) in [6, 6.07) is 7.49. The fourth-order valence-corrected chi connectivity index (χ4v) is 1.79. The Hall–Kier alpha value is -2.03. The topological polar surface area (TPSA) is 42.9 Å². The van der Waals surface area contributed by atoms with Gasteiger partial charge in [0.05, 0.1) is 11.4 Å². The Bertz CT molecular complexity index is 564. The van der Waals surface area contributed by atoms with Gasteiger partial charge in [0.2, 0.25) is 0 Å². The lowest BCUT2D eigenvalue weighted by atomic mass is 10.1. The molecule has 0 spiro atoms. The summed E-state index contributed by atoms with van der Waals surface area (Å²) >= 11 is 0. The van der Waals surface area contributed by atoms with Gasteiger partial charge >= 0.3 is 0 Å². The van der Waals surface area contributed by atoms with Crippen LogP contribution in [0, 0.1) is 6.92 Å². The molecule has 0 N–H and O–H groups in total. The molecule has 0 atom stereocenters. The summed E-state index contributed by atoms with van der Waals surface area (Å²) in [6.45, 7) is 4.01. The fourth-order valence-electron chi connectivity index (χ4n) is 1.79. The highest BCUT2D eigenvalue weighted by Crippen LogP contribution is 2.17. The van der Waals surface area contributed by atoms with Crippen LogP contribution in [0.15, 0.2) is 36.7 Å². The molecule has 0 amide bonds. The van der Waals surface area contributed by atoms with Crippen molar-refractivity contribution in [2.45, 2.75) is 26.7 Å². The maximum atomic E-state index is 11.8. The van der Waals surface area contributed by atoms with Crippen LogP contribution in [0.2, 0.25) is 0 Å². The van der Waals surface area contributed by atoms with Gasteiger partial charge in [0, 0.05) is 24.4 Å². The van der Waals surface area contributed by atoms with Gasteiger partial charge in [-0.3, -0.25) is 14.8 Å². The second-order valence-electron chi connectivity index (χ2n) is 4.32. The maximum absolute atomic E-state index is 11.8. The van der Waals surface area contributed by atoms with Crippen LogP contribution in [-0.4, -0.2) is 15.8 Å². The first kappa shape index (κ1) is 12.4. The van der Waals surface area contributed by atoms with Crippen molar-refractivity contribution in [3.63, 3.8) is 0 Å². The number of carbonyl (C=O) groups is 1. The van der Waals surface area contributed by atoms with E-state index in [4.69, 9.17) is 0 Å². The number of pyridine rings is 2. The smallest absolute Gasteiger partial charge is 0.162 e. The minimum absolute atomic E-state index is 0.161. The zero-order valence-corrected chi connectivity index (χ0v) is 10.7. The summed E-state index contributed by atoms with van der Waals surface area (Å²) in [5.41, 5.74) is 3.40. The highest BCUT2D eigenvalue weighted by atomic mass is 16.1. The van der Waals surface area contributed by atoms with Crippen molar-refractivity contribution in [3.8, 4) is 11.4 Å². The standard InChI is InChI=1S/C15H16N2O/c1-3-4-15(18)12-6-8-17-14(10-12)13-9-11(2)5-7-16-13/h5-10H,3-4H2,1-2H3. The van der Waals surface area contributed by atoms with E-state index in [2.05, 4.69) is 9.97 Å². The van der Waals surface area contributed by atoms with Crippen molar-refractivity contribution < 1.29 is 4.79 Å². The van der Waals surface area contributed by atoms with Crippen molar-refractivity contribution >= 4 is 5.78 Å². The third-order valence-corrected chi connectivity index (χ3v) is 2.74. The number of rotatable bonds is 4. The Labute approximate surface area is 107 Å². The van der Waals surface area contributed by atoms with Gasteiger partial charge in [0.25, 0.3) is 0 Å². The molecule has 0 radical (unpaired) electrons. The maximum Gasteiger partial charge on any atom is 0.162 e. The molecule has 2 aromatic rings. The number of aryl methyl sites for hydroxylation is 1. The van der Waals surface area contributed by atoms with E-state index in [9.17, 15) is 4.79 Å². The van der Waals surface area contributed by atoms with E-state index in [1.807, 2.05) is 32.0 Å². The van der Waals surface area contributed by atoms with Crippen molar-refractivity contribution in [1.29, 1.82) is 0 Å². The van der Waals surface area contributed by atoms with Crippen molar-refractivity contribution in [3.05, 3.63) is 47.8 Å². The fraction of sp³-hybridized carbons (Fsp3) is 0.267. The molecular weight excluding hydrogens is 224 g/mol. The summed E-state index contributed by atoms with van der Waals surface area (Å²) in [5.74, 6) is 0.161. The number of nitrogens with zero attached hydrogens (tertiary/aromatic N) is 2. The number of Topliss-reactive ketones (excluding diaryl/α,β-unsaturated/α-hetero) is 1. The van der Waals surface area contributed by atoms with Crippen LogP contribution in [0.4, 0.5) is 0 Å². The molecule has 2 heterocycles. The van der Waals surface area contributed by atoms with Gasteiger partial charge in [0.1, 0.15) is 0 Å². The van der Waals surface area contributed by atoms with Crippen LogP contribution in [0.1, 0.15) is 35.7 Å². The van der Waals surface area contributed by atoms with E-state index in [0.717, 1.165) is 23.4 Å². The molecular formula is C15H16N2O. The Morgan fingerprint density at radius 2 is 1.78 bits per heavy atom. The molecule has 18 heavy (non-hydrogen) atoms. The van der Waals surface area contributed by atoms with Crippen LogP contribution < -0.4 is 0 Å². The summed E-state index contributed by atoms with van der Waals surface area (Å²) in [5, 5.41) is 0. The molecule has 3 heteroatoms. The van der Waals surface area contributed by atoms with Gasteiger partial charge in [-0.25, -0.2) is 0 Å². The van der Waals surface area contributed by atoms with E-state index in [-0.39, 0.29) is 5.78 Å². The predicted octanol–water partition coefficient (Wildman–Crippen LogP) is 3.43. The lowest BCUT2D eigenvalue weighted by Gasteiger charge is -2.03. The van der Waals surface area contributed by atoms with E-state index >= 15 is 0 Å². The van der Waals surface area contributed by atoms with Crippen molar-refractivity contribution in [2.24, 2.45) is 0 Å². The van der Waals surface area contributed by atoms with Gasteiger partial charge in [-0.15, -0.1) is 0 Å². The molecule has 0 bridgehead atoms. The molecule has 3 nitrogen and oxygen atoms in total. The Morgan fingerprint density at radius 3 is 2.44 bits per heavy atom. The van der Waals surface area contributed by atoms with E-state index in [0.29, 0.717) is 12.0 Å². The average molecular weight is 240 g/mol. The Morgan fingerprint density at radius 1 is 1.11 bits per heavy atom. The number of aromatic nitrogens is 2. The second kappa shape index (κ2) is 5.54. The summed E-state index contributed by atoms with van der Waals surface area (Å²) in [6.07, 6.45) is 4.86. The summed E-state index contributed by atoms with van der Waals surface area (Å²) in [4.78, 5) is 20.4. The van der Waals surface area contributed by atoms with Gasteiger partial charge in [-0.05, 0) is 43.2 Å². The average Bonchev–Trinajstić information content (AvgIpc) is 2.39. The first-order valence-electron chi connectivity index (χ1n) is 6.13. The van der Waals surface area contributed by atoms with E-state index < -0.39 is 0 Å². The lowest BCUT2D eigenvalue weighted by molar-refractivity contribution is 0.0981. The molecule has 0 aliphatic carbocycles. The number of ketones is 1. The van der Waals surface area contributed by atoms with Gasteiger partial charge in [0.15, 0.2) is 5.78 Å². The third-order valence-electron chi connectivity index (χ3n) is 2.74. The van der Waals surface area contributed by atoms with Gasteiger partial charge < -0.3 is 0 Å². The first-order chi connectivity index (χ1) is 8.70. The van der Waals surface area contributed by atoms with Crippen LogP contribution in [0.25, 0.3) is 11.4 Å². The van der Waals surface area contributed by atoms with Crippen LogP contribution in [-0.2, 0) is 0 Å². The SMILES string of the molecule is CCCC(=O)c1ccnc(-c2cc(C)ccn2)c1. The number of hydrogen-bond donors (Lipinski definition) is 0. The number of hydrogen-bond acceptors (Lipinski definition) is 3. The molecule has 0 unspecified atom stereocenters. The Balaban J connectivity index is 2.35. The predicted molar refractivity (Wildman–Crippen MR) is 71.4 cm³/mol. The molecule has 0 aliphatic rings. The van der Waals surface area contributed by atoms with Gasteiger partial charge in [-0.1, -0.05) is 6.92 Å². The lowest BCUT2D eigenvalue weighted by Crippen LogP contribution is -1.99. The quantitative estimate of drug-likeness (QED) is 0.769. The number of carbonyl (C=O) groups excluding carboxylic acids is 1. The second-order valence-corrected chi connectivity index (χ2v) is 4.32. The zero-order valence-electron chi connectivity index (χ0n) is 10.7. The minimum Gasteiger partial charge on any atom is -0.294 e. The summed E-state index contributed by atoms with van der Waals surface area (Å²) < 4.78 is 0. The first-order valence-corrected chi connectivity index (χ1v) is 6.13. The van der Waals surface area contributed by atoms with Crippen molar-refractivity contribution in [2.75, 3.05) is 0 Å². The molecule has 0 aromatic carbocycles. The van der Waals surface area contributed by atoms with Crippen LogP contribution >= 0.6 is 0 Å². The molecule has 2 aromatic heterocycles. The highest BCUT2D eigenvalue weighted by Gasteiger charge is 2.07. The third kappa shape index (κ3) is 2.80. The molecule has 0 fully saturated rings. The van der Waals surface area contributed by atoms with Crippen LogP contribution in [0.5, 0.6) is 0 Å². The molecule has 0 saturated heterocycles. The van der Waals surface area contributed by atoms with Crippen molar-refractivity contribution in [1.82, 2.24) is 9.97 Å². The summed E-state index contributed by atoms with van der Waals surface area (Å²) in [7, 11) is 0. The van der Waals surface area contributed by atoms with E-state index in [1.54, 1.807) is 18.5 Å². The largest absolute Gasteiger partial charge is 0.294 e. The molecule has 0 aliphatic heterocycles. The molecule has 0 saturated carbocycles. The highest BCUT2D eigenvalue weighted by molar-refractivity contribution is 5.96. The van der Waals surface area contributed by atoms with Crippen LogP contribution in [0.3, 0.4) is 0 Å². The minimum atomic E-state index is 0.161. The monoisotopic (exact) mass is 240 g/mol. The zero-order chi connectivity index (χ0) is 13.0. The molecule has 92 valence electrons. The van der Waals surface area contributed by atoms with Gasteiger partial charge in [-0.2, -0.15) is 0 Å². The Kier molecular flexibility index (Phi) is 3.82. The normalized spacial score (nSPS) is 10.3. The molecule has 2 rings (SSSR count). The van der Waals surface area contributed by atoms with E-state index in [1.165, 1.54) is 0 Å².